The molecule has 0 spiro atoms. The molecule has 2 amide bonds. The fraction of sp³-hybridized carbons (Fsp3) is 0.714. The van der Waals surface area contributed by atoms with E-state index in [1.54, 1.807) is 14.1 Å². The van der Waals surface area contributed by atoms with Gasteiger partial charge in [-0.15, -0.1) is 0 Å². The van der Waals surface area contributed by atoms with E-state index in [9.17, 15) is 9.59 Å². The lowest BCUT2D eigenvalue weighted by Gasteiger charge is -1.99. The first-order valence-electron chi connectivity index (χ1n) is 3.69. The first kappa shape index (κ1) is 11.3. The van der Waals surface area contributed by atoms with E-state index < -0.39 is 0 Å². The summed E-state index contributed by atoms with van der Waals surface area (Å²) in [5.74, 6) is 1.12. The Morgan fingerprint density at radius 2 is 1.75 bits per heavy atom. The zero-order valence-corrected chi connectivity index (χ0v) is 8.16. The molecule has 0 aliphatic heterocycles. The van der Waals surface area contributed by atoms with Crippen LogP contribution in [0.15, 0.2) is 0 Å². The van der Waals surface area contributed by atoms with E-state index in [-0.39, 0.29) is 11.8 Å². The third kappa shape index (κ3) is 6.03. The van der Waals surface area contributed by atoms with Crippen LogP contribution in [-0.2, 0) is 9.59 Å². The van der Waals surface area contributed by atoms with Crippen LogP contribution in [0.5, 0.6) is 0 Å². The maximum atomic E-state index is 10.7. The lowest BCUT2D eigenvalue weighted by molar-refractivity contribution is -0.120. The molecule has 0 heterocycles. The number of hydrogen-bond donors (Lipinski definition) is 2. The Balaban J connectivity index is 3.21. The number of thioether (sulfide) groups is 1. The summed E-state index contributed by atoms with van der Waals surface area (Å²) in [5, 5.41) is 5.02. The monoisotopic (exact) mass is 190 g/mol. The third-order valence-corrected chi connectivity index (χ3v) is 2.22. The number of amides is 2. The predicted molar refractivity (Wildman–Crippen MR) is 50.1 cm³/mol. The second kappa shape index (κ2) is 6.97. The third-order valence-electron chi connectivity index (χ3n) is 1.26. The maximum absolute atomic E-state index is 10.7. The number of carbonyl (C=O) groups is 2. The normalized spacial score (nSPS) is 9.17. The molecule has 0 aliphatic carbocycles. The summed E-state index contributed by atoms with van der Waals surface area (Å²) in [5.41, 5.74) is 0. The number of hydrogen-bond acceptors (Lipinski definition) is 3. The van der Waals surface area contributed by atoms with Crippen molar-refractivity contribution >= 4 is 23.6 Å². The van der Waals surface area contributed by atoms with Crippen molar-refractivity contribution in [2.24, 2.45) is 0 Å². The van der Waals surface area contributed by atoms with Crippen molar-refractivity contribution in [2.75, 3.05) is 25.6 Å². The van der Waals surface area contributed by atoms with Crippen molar-refractivity contribution in [3.63, 3.8) is 0 Å². The first-order chi connectivity index (χ1) is 5.70. The molecule has 0 rings (SSSR count). The fourth-order valence-electron chi connectivity index (χ4n) is 0.527. The quantitative estimate of drug-likeness (QED) is 0.580. The second-order valence-corrected chi connectivity index (χ2v) is 3.25. The summed E-state index contributed by atoms with van der Waals surface area (Å²) < 4.78 is 0. The SMILES string of the molecule is CNC(=O)CCSCC(=O)NC. The van der Waals surface area contributed by atoms with Gasteiger partial charge in [0.15, 0.2) is 0 Å². The van der Waals surface area contributed by atoms with Crippen LogP contribution in [0.2, 0.25) is 0 Å². The average molecular weight is 190 g/mol. The average Bonchev–Trinajstić information content (AvgIpc) is 2.11. The lowest BCUT2D eigenvalue weighted by atomic mass is 10.5. The van der Waals surface area contributed by atoms with Crippen molar-refractivity contribution in [3.05, 3.63) is 0 Å². The number of carbonyl (C=O) groups excluding carboxylic acids is 2. The maximum Gasteiger partial charge on any atom is 0.229 e. The predicted octanol–water partition coefficient (Wildman–Crippen LogP) is -0.398. The zero-order valence-electron chi connectivity index (χ0n) is 7.35. The molecule has 0 aromatic heterocycles. The van der Waals surface area contributed by atoms with Crippen molar-refractivity contribution in [1.82, 2.24) is 10.6 Å². The largest absolute Gasteiger partial charge is 0.359 e. The van der Waals surface area contributed by atoms with Gasteiger partial charge in [-0.3, -0.25) is 9.59 Å². The summed E-state index contributed by atoms with van der Waals surface area (Å²) in [6.07, 6.45) is 0.470. The minimum absolute atomic E-state index is 0.00286. The van der Waals surface area contributed by atoms with Crippen molar-refractivity contribution in [3.8, 4) is 0 Å². The van der Waals surface area contributed by atoms with Crippen LogP contribution in [-0.4, -0.2) is 37.4 Å². The van der Waals surface area contributed by atoms with Gasteiger partial charge in [-0.05, 0) is 0 Å². The molecule has 0 unspecified atom stereocenters. The van der Waals surface area contributed by atoms with E-state index in [1.165, 1.54) is 11.8 Å². The minimum Gasteiger partial charge on any atom is -0.359 e. The summed E-state index contributed by atoms with van der Waals surface area (Å²) in [4.78, 5) is 21.4. The molecular weight excluding hydrogens is 176 g/mol. The van der Waals surface area contributed by atoms with E-state index >= 15 is 0 Å². The van der Waals surface area contributed by atoms with E-state index in [0.29, 0.717) is 17.9 Å². The molecule has 0 aliphatic rings. The van der Waals surface area contributed by atoms with Crippen LogP contribution >= 0.6 is 11.8 Å². The minimum atomic E-state index is -0.00286. The van der Waals surface area contributed by atoms with Crippen LogP contribution in [0.25, 0.3) is 0 Å². The molecule has 70 valence electrons. The summed E-state index contributed by atoms with van der Waals surface area (Å²) in [6, 6.07) is 0. The van der Waals surface area contributed by atoms with Gasteiger partial charge in [0.1, 0.15) is 0 Å². The molecule has 0 aromatic rings. The highest BCUT2D eigenvalue weighted by Crippen LogP contribution is 2.00. The molecule has 0 saturated heterocycles. The van der Waals surface area contributed by atoms with Gasteiger partial charge in [-0.1, -0.05) is 0 Å². The number of nitrogens with one attached hydrogen (secondary N) is 2. The zero-order chi connectivity index (χ0) is 9.40. The molecule has 4 nitrogen and oxygen atoms in total. The van der Waals surface area contributed by atoms with E-state index in [4.69, 9.17) is 0 Å². The first-order valence-corrected chi connectivity index (χ1v) is 4.85. The van der Waals surface area contributed by atoms with Crippen molar-refractivity contribution in [2.45, 2.75) is 6.42 Å². The molecule has 0 radical (unpaired) electrons. The fourth-order valence-corrected chi connectivity index (χ4v) is 1.33. The Hall–Kier alpha value is -0.710. The van der Waals surface area contributed by atoms with Gasteiger partial charge in [0.2, 0.25) is 11.8 Å². The highest BCUT2D eigenvalue weighted by molar-refractivity contribution is 7.99. The summed E-state index contributed by atoms with van der Waals surface area (Å²) in [7, 11) is 3.20. The Morgan fingerprint density at radius 1 is 1.17 bits per heavy atom. The molecule has 2 N–H and O–H groups in total. The molecular formula is C7H14N2O2S. The Morgan fingerprint density at radius 3 is 2.25 bits per heavy atom. The molecule has 0 aromatic carbocycles. The van der Waals surface area contributed by atoms with Crippen LogP contribution in [0.4, 0.5) is 0 Å². The molecule has 0 fully saturated rings. The summed E-state index contributed by atoms with van der Waals surface area (Å²) in [6.45, 7) is 0. The van der Waals surface area contributed by atoms with Gasteiger partial charge in [0, 0.05) is 26.3 Å². The van der Waals surface area contributed by atoms with Gasteiger partial charge >= 0.3 is 0 Å². The highest BCUT2D eigenvalue weighted by atomic mass is 32.2. The second-order valence-electron chi connectivity index (χ2n) is 2.15. The van der Waals surface area contributed by atoms with Gasteiger partial charge in [0.05, 0.1) is 5.75 Å². The Kier molecular flexibility index (Phi) is 6.55. The van der Waals surface area contributed by atoms with Gasteiger partial charge in [0.25, 0.3) is 0 Å². The van der Waals surface area contributed by atoms with E-state index in [2.05, 4.69) is 10.6 Å². The standard InChI is InChI=1S/C7H14N2O2S/c1-8-6(10)3-4-12-5-7(11)9-2/h3-5H2,1-2H3,(H,8,10)(H,9,11). The van der Waals surface area contributed by atoms with E-state index in [0.717, 1.165) is 0 Å². The lowest BCUT2D eigenvalue weighted by Crippen LogP contribution is -2.21. The number of rotatable bonds is 5. The summed E-state index contributed by atoms with van der Waals surface area (Å²) >= 11 is 1.46. The molecule has 5 heteroatoms. The van der Waals surface area contributed by atoms with E-state index in [1.807, 2.05) is 0 Å². The van der Waals surface area contributed by atoms with Crippen LogP contribution in [0.3, 0.4) is 0 Å². The topological polar surface area (TPSA) is 58.2 Å². The van der Waals surface area contributed by atoms with Gasteiger partial charge in [-0.2, -0.15) is 11.8 Å². The van der Waals surface area contributed by atoms with Gasteiger partial charge in [-0.25, -0.2) is 0 Å². The van der Waals surface area contributed by atoms with Crippen molar-refractivity contribution < 1.29 is 9.59 Å². The Bertz CT molecular complexity index is 143. The van der Waals surface area contributed by atoms with Gasteiger partial charge < -0.3 is 10.6 Å². The van der Waals surface area contributed by atoms with Crippen molar-refractivity contribution in [1.29, 1.82) is 0 Å². The van der Waals surface area contributed by atoms with Crippen LogP contribution < -0.4 is 10.6 Å². The van der Waals surface area contributed by atoms with Crippen LogP contribution in [0.1, 0.15) is 6.42 Å². The molecule has 0 saturated carbocycles. The molecule has 0 bridgehead atoms. The highest BCUT2D eigenvalue weighted by Gasteiger charge is 2.00. The smallest absolute Gasteiger partial charge is 0.229 e. The molecule has 12 heavy (non-hydrogen) atoms. The Labute approximate surface area is 76.5 Å². The van der Waals surface area contributed by atoms with Crippen LogP contribution in [0, 0.1) is 0 Å². The molecule has 0 atom stereocenters.